The molecule has 0 saturated carbocycles. The summed E-state index contributed by atoms with van der Waals surface area (Å²) in [5.74, 6) is -0.415. The summed E-state index contributed by atoms with van der Waals surface area (Å²) < 4.78 is 5.82. The molecule has 10 heteroatoms. The number of aromatic nitrogens is 1. The van der Waals surface area contributed by atoms with E-state index in [0.29, 0.717) is 18.5 Å². The Hall–Kier alpha value is -2.82. The minimum absolute atomic E-state index is 0.0465. The highest BCUT2D eigenvalue weighted by molar-refractivity contribution is 7.14. The quantitative estimate of drug-likeness (QED) is 0.483. The molecule has 3 aliphatic heterocycles. The van der Waals surface area contributed by atoms with Crippen molar-refractivity contribution in [2.45, 2.75) is 65.1 Å². The maximum absolute atomic E-state index is 14.0. The molecule has 2 aromatic rings. The summed E-state index contributed by atoms with van der Waals surface area (Å²) in [7, 11) is 2.14. The third kappa shape index (κ3) is 6.05. The van der Waals surface area contributed by atoms with E-state index in [2.05, 4.69) is 34.5 Å². The summed E-state index contributed by atoms with van der Waals surface area (Å²) in [5, 5.41) is 6.13. The first kappa shape index (κ1) is 29.7. The number of amides is 2. The number of hydrogen-bond acceptors (Lipinski definition) is 8. The second-order valence-corrected chi connectivity index (χ2v) is 13.2. The van der Waals surface area contributed by atoms with E-state index < -0.39 is 17.5 Å². The summed E-state index contributed by atoms with van der Waals surface area (Å²) >= 11 is 1.64. The average molecular weight is 582 g/mol. The van der Waals surface area contributed by atoms with Crippen molar-refractivity contribution in [1.82, 2.24) is 20.1 Å². The molecule has 0 spiro atoms. The molecule has 222 valence electrons. The van der Waals surface area contributed by atoms with Crippen LogP contribution in [-0.2, 0) is 14.3 Å². The number of Topliss-reactive ketones (excluding diaryl/α,β-unsaturated/α-hetero) is 1. The highest BCUT2D eigenvalue weighted by Gasteiger charge is 2.53. The maximum atomic E-state index is 14.0. The summed E-state index contributed by atoms with van der Waals surface area (Å²) in [6.07, 6.45) is 2.30. The van der Waals surface area contributed by atoms with Gasteiger partial charge in [-0.3, -0.25) is 14.4 Å². The van der Waals surface area contributed by atoms with E-state index in [9.17, 15) is 14.4 Å². The van der Waals surface area contributed by atoms with Crippen molar-refractivity contribution in [3.63, 3.8) is 0 Å². The number of likely N-dealkylation sites (N-methyl/N-ethyl adjacent to an activating group) is 1. The number of ether oxygens (including phenoxy) is 1. The Morgan fingerprint density at radius 1 is 1.15 bits per heavy atom. The number of likely N-dealkylation sites (tertiary alicyclic amines) is 1. The van der Waals surface area contributed by atoms with Gasteiger partial charge < -0.3 is 24.8 Å². The van der Waals surface area contributed by atoms with Crippen LogP contribution in [0.1, 0.15) is 57.3 Å². The van der Waals surface area contributed by atoms with E-state index in [-0.39, 0.29) is 36.2 Å². The van der Waals surface area contributed by atoms with Crippen molar-refractivity contribution in [3.05, 3.63) is 35.2 Å². The normalized spacial score (nSPS) is 24.0. The Labute approximate surface area is 247 Å². The molecular weight excluding hydrogens is 538 g/mol. The van der Waals surface area contributed by atoms with Crippen LogP contribution in [0.5, 0.6) is 0 Å². The Morgan fingerprint density at radius 3 is 2.51 bits per heavy atom. The fraction of sp³-hybridized carbons (Fsp3) is 0.613. The second kappa shape index (κ2) is 12.2. The number of nitrogens with zero attached hydrogens (tertiary/aromatic N) is 4. The molecule has 4 heterocycles. The van der Waals surface area contributed by atoms with Crippen molar-refractivity contribution in [3.8, 4) is 11.3 Å². The smallest absolute Gasteiger partial charge is 0.251 e. The number of fused-ring (bicyclic) bond motifs is 1. The van der Waals surface area contributed by atoms with Crippen LogP contribution in [0.3, 0.4) is 0 Å². The monoisotopic (exact) mass is 581 g/mol. The van der Waals surface area contributed by atoms with Gasteiger partial charge in [-0.15, -0.1) is 11.3 Å². The lowest BCUT2D eigenvalue weighted by atomic mass is 9.80. The highest BCUT2D eigenvalue weighted by Crippen LogP contribution is 2.37. The number of ketones is 1. The van der Waals surface area contributed by atoms with E-state index in [0.717, 1.165) is 55.4 Å². The zero-order chi connectivity index (χ0) is 29.3. The van der Waals surface area contributed by atoms with Gasteiger partial charge in [-0.1, -0.05) is 46.2 Å². The number of carbonyl (C=O) groups excluding carboxylic acids is 3. The molecule has 4 atom stereocenters. The van der Waals surface area contributed by atoms with Crippen molar-refractivity contribution >= 4 is 34.1 Å². The third-order valence-electron chi connectivity index (χ3n) is 9.16. The predicted octanol–water partition coefficient (Wildman–Crippen LogP) is 3.69. The maximum Gasteiger partial charge on any atom is 0.251 e. The number of hydrogen-bond donors (Lipinski definition) is 1. The van der Waals surface area contributed by atoms with Gasteiger partial charge in [0.2, 0.25) is 5.91 Å². The molecule has 1 unspecified atom stereocenters. The van der Waals surface area contributed by atoms with Gasteiger partial charge in [0.1, 0.15) is 18.7 Å². The molecule has 2 amide bonds. The first-order valence-electron chi connectivity index (χ1n) is 14.9. The zero-order valence-electron chi connectivity index (χ0n) is 24.9. The van der Waals surface area contributed by atoms with Gasteiger partial charge in [0, 0.05) is 55.1 Å². The van der Waals surface area contributed by atoms with E-state index in [4.69, 9.17) is 9.72 Å². The number of piperazine rings is 1. The third-order valence-corrected chi connectivity index (χ3v) is 10.1. The summed E-state index contributed by atoms with van der Waals surface area (Å²) in [4.78, 5) is 51.4. The van der Waals surface area contributed by atoms with Crippen LogP contribution < -0.4 is 10.2 Å². The topological polar surface area (TPSA) is 95.1 Å². The molecule has 0 radical (unpaired) electrons. The van der Waals surface area contributed by atoms with Crippen molar-refractivity contribution in [1.29, 1.82) is 0 Å². The van der Waals surface area contributed by atoms with Gasteiger partial charge in [-0.05, 0) is 37.4 Å². The second-order valence-electron chi connectivity index (χ2n) is 12.4. The standard InChI is InChI=1S/C31H43N5O4S/c1-6-8-22-17-36(25-24(37)18-40-26(22)25)29(39)27(31(3,4)7-2)33-28(38)21-11-9-20(10-12-21)23-19-41-30(32-23)35-15-13-34(5)14-16-35/h9-12,19,22,25-27H,6-8,13-18H2,1-5H3,(H,33,38)/t22-,25+,26+,27?/m0/s1. The first-order chi connectivity index (χ1) is 19.6. The van der Waals surface area contributed by atoms with Gasteiger partial charge in [0.15, 0.2) is 10.9 Å². The van der Waals surface area contributed by atoms with Crippen LogP contribution in [0.4, 0.5) is 5.13 Å². The number of rotatable bonds is 9. The van der Waals surface area contributed by atoms with E-state index in [1.54, 1.807) is 28.4 Å². The fourth-order valence-electron chi connectivity index (χ4n) is 6.11. The molecule has 1 aromatic carbocycles. The molecule has 9 nitrogen and oxygen atoms in total. The van der Waals surface area contributed by atoms with Crippen molar-refractivity contribution < 1.29 is 19.1 Å². The number of benzene rings is 1. The van der Waals surface area contributed by atoms with Crippen LogP contribution in [0.2, 0.25) is 0 Å². The van der Waals surface area contributed by atoms with Gasteiger partial charge in [0.05, 0.1) is 11.8 Å². The minimum Gasteiger partial charge on any atom is -0.367 e. The molecule has 5 rings (SSSR count). The lowest BCUT2D eigenvalue weighted by Crippen LogP contribution is -2.57. The molecule has 3 fully saturated rings. The molecule has 3 aliphatic rings. The summed E-state index contributed by atoms with van der Waals surface area (Å²) in [6.45, 7) is 12.6. The number of carbonyl (C=O) groups is 3. The molecular formula is C31H43N5O4S. The molecule has 1 aromatic heterocycles. The van der Waals surface area contributed by atoms with Crippen molar-refractivity contribution in [2.24, 2.45) is 11.3 Å². The fourth-order valence-corrected chi connectivity index (χ4v) is 7.00. The van der Waals surface area contributed by atoms with Gasteiger partial charge in [0.25, 0.3) is 5.91 Å². The van der Waals surface area contributed by atoms with Crippen LogP contribution in [0, 0.1) is 11.3 Å². The van der Waals surface area contributed by atoms with Gasteiger partial charge in [-0.25, -0.2) is 4.98 Å². The van der Waals surface area contributed by atoms with Crippen molar-refractivity contribution in [2.75, 3.05) is 51.3 Å². The largest absolute Gasteiger partial charge is 0.367 e. The average Bonchev–Trinajstić information content (AvgIpc) is 3.70. The Balaban J connectivity index is 1.30. The van der Waals surface area contributed by atoms with E-state index >= 15 is 0 Å². The number of anilines is 1. The molecule has 41 heavy (non-hydrogen) atoms. The Kier molecular flexibility index (Phi) is 8.82. The minimum atomic E-state index is -0.765. The summed E-state index contributed by atoms with van der Waals surface area (Å²) in [6, 6.07) is 6.08. The summed E-state index contributed by atoms with van der Waals surface area (Å²) in [5.41, 5.74) is 1.82. The number of nitrogens with one attached hydrogen (secondary N) is 1. The Morgan fingerprint density at radius 2 is 1.85 bits per heavy atom. The molecule has 0 bridgehead atoms. The first-order valence-corrected chi connectivity index (χ1v) is 15.8. The molecule has 0 aliphatic carbocycles. The number of thiazole rings is 1. The lowest BCUT2D eigenvalue weighted by Gasteiger charge is -2.36. The molecule has 3 saturated heterocycles. The predicted molar refractivity (Wildman–Crippen MR) is 161 cm³/mol. The van der Waals surface area contributed by atoms with E-state index in [1.165, 1.54) is 0 Å². The zero-order valence-corrected chi connectivity index (χ0v) is 25.7. The van der Waals surface area contributed by atoms with Gasteiger partial charge >= 0.3 is 0 Å². The van der Waals surface area contributed by atoms with Crippen LogP contribution in [0.25, 0.3) is 11.3 Å². The molecule has 1 N–H and O–H groups in total. The Bertz CT molecular complexity index is 1250. The SMILES string of the molecule is CCC[C@H]1CN(C(=O)C(NC(=O)c2ccc(-c3csc(N4CCN(C)CC4)n3)cc2)C(C)(C)CC)[C@@H]2C(=O)CO[C@H]12. The van der Waals surface area contributed by atoms with Crippen LogP contribution in [-0.4, -0.2) is 96.9 Å². The van der Waals surface area contributed by atoms with Gasteiger partial charge in [-0.2, -0.15) is 0 Å². The highest BCUT2D eigenvalue weighted by atomic mass is 32.1. The van der Waals surface area contributed by atoms with Crippen LogP contribution >= 0.6 is 11.3 Å². The lowest BCUT2D eigenvalue weighted by molar-refractivity contribution is -0.140. The van der Waals surface area contributed by atoms with Crippen LogP contribution in [0.15, 0.2) is 29.6 Å². The van der Waals surface area contributed by atoms with E-state index in [1.807, 2.05) is 32.9 Å².